The molecule has 0 aliphatic carbocycles. The van der Waals surface area contributed by atoms with Crippen LogP contribution < -0.4 is 5.32 Å². The van der Waals surface area contributed by atoms with Gasteiger partial charge in [-0.3, -0.25) is 4.79 Å². The Kier molecular flexibility index (Phi) is 7.17. The predicted molar refractivity (Wildman–Crippen MR) is 132 cm³/mol. The van der Waals surface area contributed by atoms with Crippen molar-refractivity contribution in [2.24, 2.45) is 0 Å². The SMILES string of the molecule is Cc1nc2nc(-c3ccc(Cl)cc3Cl)nn2c(C)c1CCC(=O)NCCc1ccc(Cl)cc1. The van der Waals surface area contributed by atoms with Crippen molar-refractivity contribution in [3.8, 4) is 11.4 Å². The second-order valence-corrected chi connectivity index (χ2v) is 9.04. The van der Waals surface area contributed by atoms with Gasteiger partial charge in [0.15, 0.2) is 5.82 Å². The molecule has 4 rings (SSSR count). The minimum absolute atomic E-state index is 0.00455. The lowest BCUT2D eigenvalue weighted by Crippen LogP contribution is -2.26. The summed E-state index contributed by atoms with van der Waals surface area (Å²) in [6.07, 6.45) is 1.67. The van der Waals surface area contributed by atoms with Gasteiger partial charge in [-0.25, -0.2) is 9.50 Å². The molecule has 0 bridgehead atoms. The first kappa shape index (κ1) is 23.5. The van der Waals surface area contributed by atoms with E-state index < -0.39 is 0 Å². The Morgan fingerprint density at radius 1 is 0.970 bits per heavy atom. The molecule has 2 heterocycles. The summed E-state index contributed by atoms with van der Waals surface area (Å²) in [4.78, 5) is 21.5. The van der Waals surface area contributed by atoms with Crippen LogP contribution in [0, 0.1) is 13.8 Å². The number of hydrogen-bond acceptors (Lipinski definition) is 4. The van der Waals surface area contributed by atoms with Crippen molar-refractivity contribution in [2.45, 2.75) is 33.1 Å². The van der Waals surface area contributed by atoms with Crippen LogP contribution in [0.4, 0.5) is 0 Å². The number of nitrogens with zero attached hydrogens (tertiary/aromatic N) is 4. The summed E-state index contributed by atoms with van der Waals surface area (Å²) in [5.74, 6) is 0.959. The molecule has 0 unspecified atom stereocenters. The van der Waals surface area contributed by atoms with Crippen molar-refractivity contribution in [3.63, 3.8) is 0 Å². The van der Waals surface area contributed by atoms with Crippen molar-refractivity contribution in [1.82, 2.24) is 24.9 Å². The van der Waals surface area contributed by atoms with Gasteiger partial charge < -0.3 is 5.32 Å². The molecule has 0 fully saturated rings. The molecule has 0 spiro atoms. The summed E-state index contributed by atoms with van der Waals surface area (Å²) in [7, 11) is 0. The van der Waals surface area contributed by atoms with Gasteiger partial charge in [0.05, 0.1) is 5.02 Å². The van der Waals surface area contributed by atoms with Gasteiger partial charge in [-0.2, -0.15) is 4.98 Å². The third-order valence-electron chi connectivity index (χ3n) is 5.47. The zero-order valence-electron chi connectivity index (χ0n) is 18.2. The quantitative estimate of drug-likeness (QED) is 0.354. The molecule has 0 atom stereocenters. The second kappa shape index (κ2) is 10.1. The van der Waals surface area contributed by atoms with Gasteiger partial charge in [0.2, 0.25) is 5.91 Å². The largest absolute Gasteiger partial charge is 0.356 e. The molecule has 0 radical (unpaired) electrons. The number of carbonyl (C=O) groups is 1. The third-order valence-corrected chi connectivity index (χ3v) is 6.27. The highest BCUT2D eigenvalue weighted by Gasteiger charge is 2.17. The first-order chi connectivity index (χ1) is 15.8. The molecule has 2 aromatic carbocycles. The lowest BCUT2D eigenvalue weighted by atomic mass is 10.1. The number of aromatic nitrogens is 4. The van der Waals surface area contributed by atoms with E-state index in [-0.39, 0.29) is 5.91 Å². The Labute approximate surface area is 206 Å². The number of rotatable bonds is 7. The summed E-state index contributed by atoms with van der Waals surface area (Å²) in [5, 5.41) is 9.30. The van der Waals surface area contributed by atoms with Crippen LogP contribution in [0.1, 0.15) is 28.9 Å². The Hall–Kier alpha value is -2.67. The van der Waals surface area contributed by atoms with Crippen LogP contribution in [0.25, 0.3) is 17.2 Å². The van der Waals surface area contributed by atoms with Crippen LogP contribution in [0.5, 0.6) is 0 Å². The molecule has 1 amide bonds. The van der Waals surface area contributed by atoms with Gasteiger partial charge in [-0.15, -0.1) is 5.10 Å². The van der Waals surface area contributed by atoms with Crippen LogP contribution in [0.2, 0.25) is 15.1 Å². The van der Waals surface area contributed by atoms with Crippen molar-refractivity contribution in [3.05, 3.63) is 80.0 Å². The molecular weight excluding hydrogens is 481 g/mol. The lowest BCUT2D eigenvalue weighted by Gasteiger charge is -2.10. The van der Waals surface area contributed by atoms with E-state index in [1.807, 2.05) is 38.1 Å². The molecule has 0 aliphatic rings. The van der Waals surface area contributed by atoms with Crippen LogP contribution in [0.3, 0.4) is 0 Å². The Morgan fingerprint density at radius 3 is 2.42 bits per heavy atom. The maximum atomic E-state index is 12.4. The maximum Gasteiger partial charge on any atom is 0.253 e. The van der Waals surface area contributed by atoms with Gasteiger partial charge in [0.25, 0.3) is 5.78 Å². The zero-order chi connectivity index (χ0) is 23.5. The van der Waals surface area contributed by atoms with Gasteiger partial charge >= 0.3 is 0 Å². The fourth-order valence-electron chi connectivity index (χ4n) is 3.68. The number of nitrogens with one attached hydrogen (secondary N) is 1. The molecule has 33 heavy (non-hydrogen) atoms. The monoisotopic (exact) mass is 501 g/mol. The number of benzene rings is 2. The molecule has 2 aromatic heterocycles. The second-order valence-electron chi connectivity index (χ2n) is 7.76. The van der Waals surface area contributed by atoms with E-state index in [0.29, 0.717) is 51.6 Å². The van der Waals surface area contributed by atoms with Crippen molar-refractivity contribution in [2.75, 3.05) is 6.54 Å². The van der Waals surface area contributed by atoms with Crippen LogP contribution in [-0.4, -0.2) is 32.0 Å². The summed E-state index contributed by atoms with van der Waals surface area (Å²) in [5.41, 5.74) is 4.52. The highest BCUT2D eigenvalue weighted by Crippen LogP contribution is 2.29. The maximum absolute atomic E-state index is 12.4. The van der Waals surface area contributed by atoms with Crippen LogP contribution >= 0.6 is 34.8 Å². The molecule has 6 nitrogen and oxygen atoms in total. The van der Waals surface area contributed by atoms with E-state index in [0.717, 1.165) is 28.9 Å². The smallest absolute Gasteiger partial charge is 0.253 e. The summed E-state index contributed by atoms with van der Waals surface area (Å²) < 4.78 is 1.70. The molecule has 1 N–H and O–H groups in total. The average molecular weight is 503 g/mol. The van der Waals surface area contributed by atoms with Gasteiger partial charge in [-0.1, -0.05) is 46.9 Å². The average Bonchev–Trinajstić information content (AvgIpc) is 3.18. The minimum atomic E-state index is -0.00455. The van der Waals surface area contributed by atoms with Crippen molar-refractivity contribution >= 4 is 46.5 Å². The van der Waals surface area contributed by atoms with Crippen molar-refractivity contribution in [1.29, 1.82) is 0 Å². The molecule has 170 valence electrons. The number of halogens is 3. The van der Waals surface area contributed by atoms with E-state index in [4.69, 9.17) is 34.8 Å². The van der Waals surface area contributed by atoms with E-state index in [2.05, 4.69) is 20.4 Å². The molecule has 0 saturated heterocycles. The Morgan fingerprint density at radius 2 is 1.70 bits per heavy atom. The highest BCUT2D eigenvalue weighted by atomic mass is 35.5. The molecular formula is C24H22Cl3N5O. The van der Waals surface area contributed by atoms with Gasteiger partial charge in [0.1, 0.15) is 0 Å². The fraction of sp³-hybridized carbons (Fsp3) is 0.250. The summed E-state index contributed by atoms with van der Waals surface area (Å²) in [6, 6.07) is 12.8. The minimum Gasteiger partial charge on any atom is -0.356 e. The third kappa shape index (κ3) is 5.46. The zero-order valence-corrected chi connectivity index (χ0v) is 20.5. The van der Waals surface area contributed by atoms with Crippen molar-refractivity contribution < 1.29 is 4.79 Å². The normalized spacial score (nSPS) is 11.2. The van der Waals surface area contributed by atoms with Crippen LogP contribution in [-0.2, 0) is 17.6 Å². The highest BCUT2D eigenvalue weighted by molar-refractivity contribution is 6.36. The Bertz CT molecular complexity index is 1320. The van der Waals surface area contributed by atoms with E-state index >= 15 is 0 Å². The standard InChI is InChI=1S/C24H22Cl3N5O/c1-14-19(9-10-22(33)28-12-11-16-3-5-17(25)6-4-16)15(2)32-24(29-14)30-23(31-32)20-8-7-18(26)13-21(20)27/h3-8,13H,9-12H2,1-2H3,(H,28,33). The van der Waals surface area contributed by atoms with Gasteiger partial charge in [0, 0.05) is 40.0 Å². The van der Waals surface area contributed by atoms with E-state index in [1.54, 1.807) is 22.7 Å². The number of aryl methyl sites for hydroxylation is 2. The molecule has 9 heteroatoms. The number of fused-ring (bicyclic) bond motifs is 1. The summed E-state index contributed by atoms with van der Waals surface area (Å²) >= 11 is 18.2. The Balaban J connectivity index is 1.44. The summed E-state index contributed by atoms with van der Waals surface area (Å²) in [6.45, 7) is 4.45. The molecule has 4 aromatic rings. The topological polar surface area (TPSA) is 72.2 Å². The number of carbonyl (C=O) groups excluding carboxylic acids is 1. The number of hydrogen-bond donors (Lipinski definition) is 1. The molecule has 0 aliphatic heterocycles. The van der Waals surface area contributed by atoms with E-state index in [1.165, 1.54) is 0 Å². The first-order valence-corrected chi connectivity index (χ1v) is 11.6. The first-order valence-electron chi connectivity index (χ1n) is 10.5. The molecule has 0 saturated carbocycles. The fourth-order valence-corrected chi connectivity index (χ4v) is 4.30. The predicted octanol–water partition coefficient (Wildman–Crippen LogP) is 5.66. The van der Waals surface area contributed by atoms with E-state index in [9.17, 15) is 4.79 Å². The lowest BCUT2D eigenvalue weighted by molar-refractivity contribution is -0.121. The van der Waals surface area contributed by atoms with Crippen LogP contribution in [0.15, 0.2) is 42.5 Å². The number of amides is 1. The van der Waals surface area contributed by atoms with Gasteiger partial charge in [-0.05, 0) is 68.1 Å².